The van der Waals surface area contributed by atoms with Gasteiger partial charge in [0, 0.05) is 49.2 Å². The average Bonchev–Trinajstić information content (AvgIpc) is 3.48. The molecule has 3 aromatic rings. The molecule has 2 unspecified atom stereocenters. The highest BCUT2D eigenvalue weighted by Gasteiger charge is 2.61. The molecular weight excluding hydrogens is 436 g/mol. The van der Waals surface area contributed by atoms with Crippen molar-refractivity contribution < 1.29 is 13.6 Å². The van der Waals surface area contributed by atoms with Gasteiger partial charge in [0.2, 0.25) is 5.91 Å². The molecule has 9 heteroatoms. The number of benzene rings is 1. The van der Waals surface area contributed by atoms with E-state index in [1.54, 1.807) is 18.6 Å². The Kier molecular flexibility index (Phi) is 4.37. The summed E-state index contributed by atoms with van der Waals surface area (Å²) in [6.45, 7) is 0.715. The van der Waals surface area contributed by atoms with Crippen molar-refractivity contribution >= 4 is 34.6 Å². The summed E-state index contributed by atoms with van der Waals surface area (Å²) in [5.41, 5.74) is 0.714. The predicted molar refractivity (Wildman–Crippen MR) is 115 cm³/mol. The summed E-state index contributed by atoms with van der Waals surface area (Å²) in [6.07, 6.45) is 9.76. The molecular formula is C23H20ClF2N5O. The van der Waals surface area contributed by atoms with Gasteiger partial charge in [-0.25, -0.2) is 13.8 Å². The number of carbonyl (C=O) groups is 1. The Morgan fingerprint density at radius 3 is 2.69 bits per heavy atom. The lowest BCUT2D eigenvalue weighted by Crippen LogP contribution is -2.45. The number of hydrazone groups is 1. The van der Waals surface area contributed by atoms with E-state index in [9.17, 15) is 13.6 Å². The molecule has 6 nitrogen and oxygen atoms in total. The van der Waals surface area contributed by atoms with Crippen molar-refractivity contribution in [2.45, 2.75) is 38.3 Å². The number of carbonyl (C=O) groups excluding carboxylic acids is 1. The van der Waals surface area contributed by atoms with Crippen LogP contribution in [-0.4, -0.2) is 31.9 Å². The van der Waals surface area contributed by atoms with E-state index in [-0.39, 0.29) is 5.91 Å². The second-order valence-corrected chi connectivity index (χ2v) is 9.63. The van der Waals surface area contributed by atoms with E-state index in [0.717, 1.165) is 36.2 Å². The van der Waals surface area contributed by atoms with Gasteiger partial charge in [-0.15, -0.1) is 0 Å². The van der Waals surface area contributed by atoms with Gasteiger partial charge in [0.1, 0.15) is 17.2 Å². The Labute approximate surface area is 187 Å². The highest BCUT2D eigenvalue weighted by Crippen LogP contribution is 2.63. The van der Waals surface area contributed by atoms with Crippen molar-refractivity contribution in [1.29, 1.82) is 0 Å². The molecule has 32 heavy (non-hydrogen) atoms. The van der Waals surface area contributed by atoms with Crippen LogP contribution < -0.4 is 0 Å². The first-order valence-electron chi connectivity index (χ1n) is 10.7. The number of rotatable bonds is 4. The Hall–Kier alpha value is -2.87. The molecule has 0 spiro atoms. The third-order valence-corrected chi connectivity index (χ3v) is 7.50. The molecule has 2 bridgehead atoms. The van der Waals surface area contributed by atoms with Crippen molar-refractivity contribution in [3.05, 3.63) is 59.0 Å². The van der Waals surface area contributed by atoms with Gasteiger partial charge in [-0.05, 0) is 48.8 Å². The van der Waals surface area contributed by atoms with Crippen molar-refractivity contribution in [1.82, 2.24) is 19.8 Å². The Balaban J connectivity index is 1.20. The van der Waals surface area contributed by atoms with Crippen molar-refractivity contribution in [3.8, 4) is 0 Å². The summed E-state index contributed by atoms with van der Waals surface area (Å²) in [5, 5.41) is 11.7. The minimum Gasteiger partial charge on any atom is -0.272 e. The van der Waals surface area contributed by atoms with Gasteiger partial charge in [0.05, 0.1) is 16.5 Å². The first kappa shape index (κ1) is 19.8. The second-order valence-electron chi connectivity index (χ2n) is 9.23. The van der Waals surface area contributed by atoms with Crippen molar-refractivity contribution in [3.63, 3.8) is 0 Å². The largest absolute Gasteiger partial charge is 0.272 e. The van der Waals surface area contributed by atoms with Gasteiger partial charge in [-0.3, -0.25) is 14.5 Å². The lowest BCUT2D eigenvalue weighted by atomic mass is 9.68. The lowest BCUT2D eigenvalue weighted by molar-refractivity contribution is -0.148. The van der Waals surface area contributed by atoms with Crippen LogP contribution in [0.1, 0.15) is 37.3 Å². The summed E-state index contributed by atoms with van der Waals surface area (Å²) in [4.78, 5) is 17.6. The minimum atomic E-state index is -0.649. The SMILES string of the molecule is O=C(N1N=CCC1c1cc(F)cc(F)c1)C12CC(Cn3cc4cncc(Cl)c4n3)C(C1)C2. The van der Waals surface area contributed by atoms with Gasteiger partial charge in [0.15, 0.2) is 0 Å². The van der Waals surface area contributed by atoms with E-state index < -0.39 is 23.1 Å². The molecule has 0 N–H and O–H groups in total. The van der Waals surface area contributed by atoms with Crippen LogP contribution >= 0.6 is 11.6 Å². The number of nitrogens with zero attached hydrogens (tertiary/aromatic N) is 5. The van der Waals surface area contributed by atoms with Crippen molar-refractivity contribution in [2.75, 3.05) is 0 Å². The molecule has 3 fully saturated rings. The third-order valence-electron chi connectivity index (χ3n) is 7.23. The number of hydrogen-bond acceptors (Lipinski definition) is 4. The maximum atomic E-state index is 13.7. The van der Waals surface area contributed by atoms with Gasteiger partial charge in [-0.1, -0.05) is 11.6 Å². The standard InChI is InChI=1S/C23H20ClF2N5O/c24-19-10-27-9-16-12-30(29-21(16)19)11-15-8-23(6-14(15)7-23)22(32)31-20(1-2-28-31)13-3-17(25)5-18(26)4-13/h2-5,9-10,12,14-15,20H,1,6-8,11H2. The van der Waals surface area contributed by atoms with Crippen LogP contribution in [0, 0.1) is 28.9 Å². The van der Waals surface area contributed by atoms with E-state index in [1.807, 2.05) is 10.9 Å². The van der Waals surface area contributed by atoms with Crippen LogP contribution in [0.4, 0.5) is 8.78 Å². The van der Waals surface area contributed by atoms with Gasteiger partial charge < -0.3 is 0 Å². The van der Waals surface area contributed by atoms with Gasteiger partial charge in [-0.2, -0.15) is 10.2 Å². The Morgan fingerprint density at radius 1 is 1.16 bits per heavy atom. The van der Waals surface area contributed by atoms with Crippen molar-refractivity contribution in [2.24, 2.45) is 22.4 Å². The topological polar surface area (TPSA) is 63.4 Å². The number of amides is 1. The highest BCUT2D eigenvalue weighted by atomic mass is 35.5. The molecule has 164 valence electrons. The molecule has 0 saturated heterocycles. The lowest BCUT2D eigenvalue weighted by Gasteiger charge is -2.40. The number of fused-ring (bicyclic) bond motifs is 2. The first-order chi connectivity index (χ1) is 15.4. The minimum absolute atomic E-state index is 0.0439. The summed E-state index contributed by atoms with van der Waals surface area (Å²) >= 11 is 6.20. The molecule has 3 aliphatic carbocycles. The first-order valence-corrected chi connectivity index (χ1v) is 11.1. The monoisotopic (exact) mass is 455 g/mol. The molecule has 2 atom stereocenters. The number of aromatic nitrogens is 3. The third kappa shape index (κ3) is 3.03. The average molecular weight is 456 g/mol. The fourth-order valence-corrected chi connectivity index (χ4v) is 5.98. The Bertz CT molecular complexity index is 1250. The van der Waals surface area contributed by atoms with Gasteiger partial charge in [0.25, 0.3) is 0 Å². The zero-order valence-corrected chi connectivity index (χ0v) is 17.8. The molecule has 3 saturated carbocycles. The predicted octanol–water partition coefficient (Wildman–Crippen LogP) is 4.74. The normalized spacial score (nSPS) is 28.5. The smallest absolute Gasteiger partial charge is 0.249 e. The Morgan fingerprint density at radius 2 is 1.94 bits per heavy atom. The zero-order valence-electron chi connectivity index (χ0n) is 17.1. The van der Waals surface area contributed by atoms with E-state index >= 15 is 0 Å². The maximum absolute atomic E-state index is 13.7. The molecule has 1 aromatic carbocycles. The van der Waals surface area contributed by atoms with E-state index in [2.05, 4.69) is 15.2 Å². The molecule has 0 radical (unpaired) electrons. The van der Waals surface area contributed by atoms with E-state index in [0.29, 0.717) is 35.4 Å². The summed E-state index contributed by atoms with van der Waals surface area (Å²) < 4.78 is 29.4. The van der Waals surface area contributed by atoms with Crippen LogP contribution in [0.2, 0.25) is 5.02 Å². The van der Waals surface area contributed by atoms with E-state index in [1.165, 1.54) is 17.1 Å². The molecule has 1 amide bonds. The number of hydrogen-bond donors (Lipinski definition) is 0. The maximum Gasteiger partial charge on any atom is 0.249 e. The highest BCUT2D eigenvalue weighted by molar-refractivity contribution is 6.34. The van der Waals surface area contributed by atoms with Gasteiger partial charge >= 0.3 is 0 Å². The van der Waals surface area contributed by atoms with Crippen LogP contribution in [0.3, 0.4) is 0 Å². The van der Waals surface area contributed by atoms with E-state index in [4.69, 9.17) is 11.6 Å². The van der Waals surface area contributed by atoms with Crippen LogP contribution in [-0.2, 0) is 11.3 Å². The van der Waals surface area contributed by atoms with Crippen LogP contribution in [0.25, 0.3) is 10.9 Å². The van der Waals surface area contributed by atoms with Crippen LogP contribution in [0.5, 0.6) is 0 Å². The molecule has 7 rings (SSSR count). The van der Waals surface area contributed by atoms with Crippen LogP contribution in [0.15, 0.2) is 41.9 Å². The quantitative estimate of drug-likeness (QED) is 0.571. The fourth-order valence-electron chi connectivity index (χ4n) is 5.78. The second kappa shape index (κ2) is 7.07. The summed E-state index contributed by atoms with van der Waals surface area (Å²) in [5.74, 6) is -0.557. The number of halogens is 3. The molecule has 1 aliphatic heterocycles. The fraction of sp³-hybridized carbons (Fsp3) is 0.391. The molecule has 3 heterocycles. The summed E-state index contributed by atoms with van der Waals surface area (Å²) in [6, 6.07) is 2.93. The summed E-state index contributed by atoms with van der Waals surface area (Å²) in [7, 11) is 0. The molecule has 2 aromatic heterocycles. The number of pyridine rings is 1. The zero-order chi connectivity index (χ0) is 22.0. The molecule has 4 aliphatic rings.